The van der Waals surface area contributed by atoms with Crippen molar-refractivity contribution in [2.24, 2.45) is 0 Å². The second-order valence-corrected chi connectivity index (χ2v) is 12.0. The highest BCUT2D eigenvalue weighted by Crippen LogP contribution is 2.30. The number of nitrogens with one attached hydrogen (secondary N) is 1. The monoisotopic (exact) mass is 561 g/mol. The van der Waals surface area contributed by atoms with Gasteiger partial charge in [0.05, 0.1) is 5.56 Å². The Morgan fingerprint density at radius 3 is 2.23 bits per heavy atom. The summed E-state index contributed by atoms with van der Waals surface area (Å²) < 4.78 is 26.9. The summed E-state index contributed by atoms with van der Waals surface area (Å²) in [6, 6.07) is 22.3. The number of benzene rings is 3. The van der Waals surface area contributed by atoms with E-state index in [4.69, 9.17) is 0 Å². The summed E-state index contributed by atoms with van der Waals surface area (Å²) in [5.74, 6) is -1.35. The first-order chi connectivity index (χ1) is 19.1. The Morgan fingerprint density at radius 2 is 1.57 bits per heavy atom. The zero-order chi connectivity index (χ0) is 28.9. The molecule has 0 saturated heterocycles. The van der Waals surface area contributed by atoms with Gasteiger partial charge < -0.3 is 10.2 Å². The van der Waals surface area contributed by atoms with Crippen LogP contribution in [0.4, 0.5) is 0 Å². The highest BCUT2D eigenvalue weighted by molar-refractivity contribution is 7.90. The number of amides is 3. The molecule has 0 spiro atoms. The van der Waals surface area contributed by atoms with Gasteiger partial charge in [-0.05, 0) is 43.5 Å². The van der Waals surface area contributed by atoms with Crippen LogP contribution >= 0.6 is 0 Å². The molecular formula is C31H35N3O5S. The maximum Gasteiger partial charge on any atom is 0.269 e. The SMILES string of the molecule is CC[C@H](C)NC(=O)[C@H](Cc1ccccc1)N(Cc1ccc(C)cc1)C(=O)CCN1C(=O)c2ccccc2S1(=O)=O. The Balaban J connectivity index is 1.64. The molecule has 1 heterocycles. The van der Waals surface area contributed by atoms with Gasteiger partial charge in [0.25, 0.3) is 15.9 Å². The quantitative estimate of drug-likeness (QED) is 0.380. The van der Waals surface area contributed by atoms with Crippen LogP contribution in [0.2, 0.25) is 0 Å². The molecule has 210 valence electrons. The number of sulfonamides is 1. The van der Waals surface area contributed by atoms with Crippen molar-refractivity contribution in [2.75, 3.05) is 6.54 Å². The Hall–Kier alpha value is -3.98. The normalized spacial score (nSPS) is 15.3. The van der Waals surface area contributed by atoms with E-state index in [1.165, 1.54) is 17.0 Å². The number of carbonyl (C=O) groups is 3. The van der Waals surface area contributed by atoms with Gasteiger partial charge in [-0.25, -0.2) is 12.7 Å². The number of rotatable bonds is 11. The third-order valence-corrected chi connectivity index (χ3v) is 9.03. The minimum atomic E-state index is -4.05. The van der Waals surface area contributed by atoms with E-state index in [0.29, 0.717) is 0 Å². The van der Waals surface area contributed by atoms with E-state index < -0.39 is 27.9 Å². The van der Waals surface area contributed by atoms with Crippen molar-refractivity contribution in [2.45, 2.75) is 63.6 Å². The number of carbonyl (C=O) groups excluding carboxylic acids is 3. The summed E-state index contributed by atoms with van der Waals surface area (Å²) in [4.78, 5) is 41.8. The lowest BCUT2D eigenvalue weighted by molar-refractivity contribution is -0.141. The fourth-order valence-electron chi connectivity index (χ4n) is 4.68. The summed E-state index contributed by atoms with van der Waals surface area (Å²) in [5, 5.41) is 3.02. The van der Waals surface area contributed by atoms with Gasteiger partial charge >= 0.3 is 0 Å². The molecule has 8 nitrogen and oxygen atoms in total. The molecule has 3 aromatic carbocycles. The lowest BCUT2D eigenvalue weighted by Crippen LogP contribution is -2.52. The molecule has 0 unspecified atom stereocenters. The molecule has 0 saturated carbocycles. The average Bonchev–Trinajstić information content (AvgIpc) is 3.15. The molecule has 0 aliphatic carbocycles. The zero-order valence-electron chi connectivity index (χ0n) is 23.0. The van der Waals surface area contributed by atoms with Gasteiger partial charge in [-0.2, -0.15) is 0 Å². The van der Waals surface area contributed by atoms with Gasteiger partial charge in [-0.3, -0.25) is 14.4 Å². The van der Waals surface area contributed by atoms with Gasteiger partial charge in [-0.15, -0.1) is 0 Å². The van der Waals surface area contributed by atoms with Crippen molar-refractivity contribution in [3.05, 3.63) is 101 Å². The first-order valence-electron chi connectivity index (χ1n) is 13.5. The fraction of sp³-hybridized carbons (Fsp3) is 0.323. The molecule has 0 fully saturated rings. The lowest BCUT2D eigenvalue weighted by atomic mass is 10.0. The predicted octanol–water partition coefficient (Wildman–Crippen LogP) is 4.08. The summed E-state index contributed by atoms with van der Waals surface area (Å²) >= 11 is 0. The molecular weight excluding hydrogens is 526 g/mol. The number of aryl methyl sites for hydroxylation is 1. The van der Waals surface area contributed by atoms with Crippen LogP contribution in [0.15, 0.2) is 83.8 Å². The molecule has 9 heteroatoms. The van der Waals surface area contributed by atoms with E-state index in [2.05, 4.69) is 5.32 Å². The summed E-state index contributed by atoms with van der Waals surface area (Å²) in [5.41, 5.74) is 2.89. The average molecular weight is 562 g/mol. The van der Waals surface area contributed by atoms with Gasteiger partial charge in [0.2, 0.25) is 11.8 Å². The van der Waals surface area contributed by atoms with Gasteiger partial charge in [0.1, 0.15) is 10.9 Å². The Bertz CT molecular complexity index is 1470. The number of hydrogen-bond donors (Lipinski definition) is 1. The van der Waals surface area contributed by atoms with Gasteiger partial charge in [0.15, 0.2) is 0 Å². The lowest BCUT2D eigenvalue weighted by Gasteiger charge is -2.32. The highest BCUT2D eigenvalue weighted by Gasteiger charge is 2.41. The van der Waals surface area contributed by atoms with Crippen LogP contribution in [0, 0.1) is 6.92 Å². The van der Waals surface area contributed by atoms with Crippen molar-refractivity contribution in [1.29, 1.82) is 0 Å². The summed E-state index contributed by atoms with van der Waals surface area (Å²) in [6.07, 6.45) is 0.755. The van der Waals surface area contributed by atoms with Crippen molar-refractivity contribution < 1.29 is 22.8 Å². The van der Waals surface area contributed by atoms with Crippen LogP contribution in [-0.2, 0) is 32.6 Å². The van der Waals surface area contributed by atoms with Crippen LogP contribution in [-0.4, -0.2) is 54.0 Å². The van der Waals surface area contributed by atoms with E-state index in [1.807, 2.05) is 75.4 Å². The number of fused-ring (bicyclic) bond motifs is 1. The molecule has 0 radical (unpaired) electrons. The van der Waals surface area contributed by atoms with Crippen molar-refractivity contribution in [3.63, 3.8) is 0 Å². The van der Waals surface area contributed by atoms with E-state index in [0.717, 1.165) is 27.4 Å². The minimum absolute atomic E-state index is 0.0566. The topological polar surface area (TPSA) is 104 Å². The Kier molecular flexibility index (Phi) is 9.04. The maximum atomic E-state index is 13.9. The van der Waals surface area contributed by atoms with Crippen LogP contribution in [0.25, 0.3) is 0 Å². The number of nitrogens with zero attached hydrogens (tertiary/aromatic N) is 2. The van der Waals surface area contributed by atoms with Crippen molar-refractivity contribution in [3.8, 4) is 0 Å². The molecule has 1 N–H and O–H groups in total. The van der Waals surface area contributed by atoms with Crippen LogP contribution < -0.4 is 5.32 Å². The molecule has 0 bridgehead atoms. The largest absolute Gasteiger partial charge is 0.352 e. The van der Waals surface area contributed by atoms with Gasteiger partial charge in [-0.1, -0.05) is 79.2 Å². The standard InChI is InChI=1S/C31H35N3O5S/c1-4-23(3)32-30(36)27(20-24-10-6-5-7-11-24)33(21-25-16-14-22(2)15-17-25)29(35)18-19-34-31(37)26-12-8-9-13-28(26)40(34,38)39/h5-17,23,27H,4,18-21H2,1-3H3,(H,32,36)/t23-,27-/m0/s1. The third kappa shape index (κ3) is 6.42. The van der Waals surface area contributed by atoms with E-state index in [9.17, 15) is 22.8 Å². The molecule has 40 heavy (non-hydrogen) atoms. The molecule has 1 aliphatic heterocycles. The zero-order valence-corrected chi connectivity index (χ0v) is 23.9. The summed E-state index contributed by atoms with van der Waals surface area (Å²) in [6.45, 7) is 5.69. The second kappa shape index (κ2) is 12.5. The highest BCUT2D eigenvalue weighted by atomic mass is 32.2. The minimum Gasteiger partial charge on any atom is -0.352 e. The molecule has 3 aromatic rings. The van der Waals surface area contributed by atoms with Crippen LogP contribution in [0.1, 0.15) is 53.7 Å². The molecule has 0 aromatic heterocycles. The predicted molar refractivity (Wildman–Crippen MR) is 153 cm³/mol. The second-order valence-electron chi connectivity index (χ2n) is 10.2. The third-order valence-electron chi connectivity index (χ3n) is 7.19. The van der Waals surface area contributed by atoms with Crippen LogP contribution in [0.5, 0.6) is 0 Å². The van der Waals surface area contributed by atoms with Crippen molar-refractivity contribution >= 4 is 27.7 Å². The van der Waals surface area contributed by atoms with E-state index in [1.54, 1.807) is 12.1 Å². The Labute approximate surface area is 236 Å². The van der Waals surface area contributed by atoms with E-state index >= 15 is 0 Å². The smallest absolute Gasteiger partial charge is 0.269 e. The first kappa shape index (κ1) is 29.0. The van der Waals surface area contributed by atoms with Gasteiger partial charge in [0, 0.05) is 32.0 Å². The molecule has 3 amide bonds. The van der Waals surface area contributed by atoms with Crippen LogP contribution in [0.3, 0.4) is 0 Å². The Morgan fingerprint density at radius 1 is 0.925 bits per heavy atom. The fourth-order valence-corrected chi connectivity index (χ4v) is 6.25. The maximum absolute atomic E-state index is 13.9. The molecule has 2 atom stereocenters. The molecule has 4 rings (SSSR count). The molecule has 1 aliphatic rings. The van der Waals surface area contributed by atoms with E-state index in [-0.39, 0.29) is 48.3 Å². The number of hydrogen-bond acceptors (Lipinski definition) is 5. The summed E-state index contributed by atoms with van der Waals surface area (Å²) in [7, 11) is -4.05. The first-order valence-corrected chi connectivity index (χ1v) is 14.9. The van der Waals surface area contributed by atoms with Crippen molar-refractivity contribution in [1.82, 2.24) is 14.5 Å².